The normalized spacial score (nSPS) is 11.4. The molecular formula is C27H28N2O2. The molecule has 0 spiro atoms. The predicted molar refractivity (Wildman–Crippen MR) is 129 cm³/mol. The van der Waals surface area contributed by atoms with Gasteiger partial charge >= 0.3 is 0 Å². The number of ketones is 1. The van der Waals surface area contributed by atoms with Gasteiger partial charge in [0.05, 0.1) is 6.61 Å². The van der Waals surface area contributed by atoms with E-state index in [1.54, 1.807) is 24.4 Å². The zero-order chi connectivity index (χ0) is 21.6. The number of rotatable bonds is 9. The number of carbonyl (C=O) groups excluding carboxylic acids is 1. The Morgan fingerprint density at radius 3 is 2.52 bits per heavy atom. The molecule has 0 aliphatic heterocycles. The quantitative estimate of drug-likeness (QED) is 0.187. The Balaban J connectivity index is 1.46. The van der Waals surface area contributed by atoms with Crippen molar-refractivity contribution in [2.75, 3.05) is 11.9 Å². The van der Waals surface area contributed by atoms with Crippen LogP contribution in [0.2, 0.25) is 0 Å². The summed E-state index contributed by atoms with van der Waals surface area (Å²) in [5.74, 6) is 0.753. The van der Waals surface area contributed by atoms with Gasteiger partial charge in [-0.2, -0.15) is 0 Å². The van der Waals surface area contributed by atoms with Gasteiger partial charge in [0.15, 0.2) is 5.78 Å². The van der Waals surface area contributed by atoms with Crippen molar-refractivity contribution in [3.8, 4) is 5.75 Å². The molecule has 1 N–H and O–H groups in total. The van der Waals surface area contributed by atoms with Gasteiger partial charge in [-0.3, -0.25) is 4.79 Å². The Kier molecular flexibility index (Phi) is 6.37. The Morgan fingerprint density at radius 1 is 0.968 bits per heavy atom. The first-order chi connectivity index (χ1) is 15.2. The van der Waals surface area contributed by atoms with Crippen LogP contribution in [0.1, 0.15) is 37.0 Å². The maximum Gasteiger partial charge on any atom is 0.187 e. The van der Waals surface area contributed by atoms with Gasteiger partial charge in [-0.15, -0.1) is 0 Å². The van der Waals surface area contributed by atoms with Crippen molar-refractivity contribution in [1.82, 2.24) is 4.57 Å². The van der Waals surface area contributed by atoms with E-state index < -0.39 is 0 Å². The van der Waals surface area contributed by atoms with Gasteiger partial charge in [0.25, 0.3) is 0 Å². The van der Waals surface area contributed by atoms with Crippen LogP contribution in [0.3, 0.4) is 0 Å². The summed E-state index contributed by atoms with van der Waals surface area (Å²) in [5, 5.41) is 5.69. The topological polar surface area (TPSA) is 43.3 Å². The van der Waals surface area contributed by atoms with E-state index in [9.17, 15) is 4.79 Å². The van der Waals surface area contributed by atoms with Crippen LogP contribution in [0, 0.1) is 0 Å². The first-order valence-corrected chi connectivity index (χ1v) is 10.9. The monoisotopic (exact) mass is 412 g/mol. The first-order valence-electron chi connectivity index (χ1n) is 10.9. The molecule has 0 unspecified atom stereocenters. The third-order valence-electron chi connectivity index (χ3n) is 5.48. The zero-order valence-electron chi connectivity index (χ0n) is 18.1. The van der Waals surface area contributed by atoms with E-state index in [1.807, 2.05) is 18.2 Å². The van der Waals surface area contributed by atoms with Crippen LogP contribution in [0.25, 0.3) is 21.8 Å². The molecule has 0 aliphatic rings. The molecule has 0 amide bonds. The highest BCUT2D eigenvalue weighted by molar-refractivity contribution is 6.09. The number of hydrogen-bond donors (Lipinski definition) is 1. The minimum absolute atomic E-state index is 0.0451. The molecule has 31 heavy (non-hydrogen) atoms. The number of allylic oxidation sites excluding steroid dienone is 1. The van der Waals surface area contributed by atoms with Crippen LogP contribution in [0.4, 0.5) is 5.69 Å². The third kappa shape index (κ3) is 4.48. The van der Waals surface area contributed by atoms with E-state index in [2.05, 4.69) is 60.1 Å². The van der Waals surface area contributed by atoms with Crippen LogP contribution < -0.4 is 10.1 Å². The lowest BCUT2D eigenvalue weighted by Gasteiger charge is -2.05. The average molecular weight is 413 g/mol. The standard InChI is InChI=1S/C27H28N2O2/c1-3-5-18-31-22-13-10-20(11-14-22)27(30)16-17-28-21-12-15-26-24(19-21)23-8-6-7-9-25(23)29(26)4-2/h6-17,19,28H,3-5,18H2,1-2H3/b17-16+. The van der Waals surface area contributed by atoms with Gasteiger partial charge in [0.1, 0.15) is 5.75 Å². The highest BCUT2D eigenvalue weighted by Crippen LogP contribution is 2.31. The Morgan fingerprint density at radius 2 is 1.74 bits per heavy atom. The minimum atomic E-state index is -0.0451. The largest absolute Gasteiger partial charge is 0.494 e. The summed E-state index contributed by atoms with van der Waals surface area (Å²) in [6, 6.07) is 22.1. The van der Waals surface area contributed by atoms with Crippen molar-refractivity contribution >= 4 is 33.3 Å². The van der Waals surface area contributed by atoms with Gasteiger partial charge in [0, 0.05) is 51.9 Å². The number of nitrogens with zero attached hydrogens (tertiary/aromatic N) is 1. The molecule has 0 fully saturated rings. The molecule has 3 aromatic carbocycles. The lowest BCUT2D eigenvalue weighted by Crippen LogP contribution is -1.99. The third-order valence-corrected chi connectivity index (χ3v) is 5.48. The number of ether oxygens (including phenoxy) is 1. The first kappa shape index (κ1) is 20.7. The Hall–Kier alpha value is -3.53. The van der Waals surface area contributed by atoms with Gasteiger partial charge in [-0.1, -0.05) is 31.5 Å². The van der Waals surface area contributed by atoms with Crippen LogP contribution in [0.15, 0.2) is 79.0 Å². The number of carbonyl (C=O) groups is 1. The summed E-state index contributed by atoms with van der Waals surface area (Å²) >= 11 is 0. The number of aromatic nitrogens is 1. The fourth-order valence-electron chi connectivity index (χ4n) is 3.84. The summed E-state index contributed by atoms with van der Waals surface area (Å²) in [6.45, 7) is 5.92. The van der Waals surface area contributed by atoms with Crippen molar-refractivity contribution in [2.45, 2.75) is 33.2 Å². The maximum atomic E-state index is 12.5. The van der Waals surface area contributed by atoms with Crippen molar-refractivity contribution < 1.29 is 9.53 Å². The van der Waals surface area contributed by atoms with E-state index in [4.69, 9.17) is 4.74 Å². The average Bonchev–Trinajstić information content (AvgIpc) is 3.12. The van der Waals surface area contributed by atoms with Crippen molar-refractivity contribution in [3.63, 3.8) is 0 Å². The smallest absolute Gasteiger partial charge is 0.187 e. The second-order valence-corrected chi connectivity index (χ2v) is 7.56. The maximum absolute atomic E-state index is 12.5. The van der Waals surface area contributed by atoms with Crippen LogP contribution in [-0.2, 0) is 6.54 Å². The van der Waals surface area contributed by atoms with E-state index in [-0.39, 0.29) is 5.78 Å². The zero-order valence-corrected chi connectivity index (χ0v) is 18.1. The molecule has 4 rings (SSSR count). The lowest BCUT2D eigenvalue weighted by molar-refractivity contribution is 0.104. The molecule has 0 aliphatic carbocycles. The summed E-state index contributed by atoms with van der Waals surface area (Å²) in [6.07, 6.45) is 5.39. The number of unbranched alkanes of at least 4 members (excludes halogenated alkanes) is 1. The summed E-state index contributed by atoms with van der Waals surface area (Å²) in [7, 11) is 0. The fourth-order valence-corrected chi connectivity index (χ4v) is 3.84. The Labute approximate surface area is 183 Å². The molecule has 0 radical (unpaired) electrons. The molecule has 0 saturated heterocycles. The van der Waals surface area contributed by atoms with Crippen molar-refractivity contribution in [3.05, 3.63) is 84.6 Å². The predicted octanol–water partition coefficient (Wildman–Crippen LogP) is 6.80. The van der Waals surface area contributed by atoms with E-state index in [0.29, 0.717) is 12.2 Å². The molecule has 158 valence electrons. The number of nitrogens with one attached hydrogen (secondary N) is 1. The van der Waals surface area contributed by atoms with Gasteiger partial charge < -0.3 is 14.6 Å². The molecule has 4 nitrogen and oxygen atoms in total. The number of anilines is 1. The summed E-state index contributed by atoms with van der Waals surface area (Å²) < 4.78 is 7.98. The summed E-state index contributed by atoms with van der Waals surface area (Å²) in [5.41, 5.74) is 4.05. The second kappa shape index (κ2) is 9.52. The van der Waals surface area contributed by atoms with Gasteiger partial charge in [0.2, 0.25) is 0 Å². The van der Waals surface area contributed by atoms with Gasteiger partial charge in [-0.05, 0) is 61.9 Å². The highest BCUT2D eigenvalue weighted by atomic mass is 16.5. The van der Waals surface area contributed by atoms with E-state index in [0.717, 1.165) is 30.8 Å². The second-order valence-electron chi connectivity index (χ2n) is 7.56. The number of aryl methyl sites for hydroxylation is 1. The highest BCUT2D eigenvalue weighted by Gasteiger charge is 2.09. The van der Waals surface area contributed by atoms with Crippen LogP contribution >= 0.6 is 0 Å². The molecule has 1 heterocycles. The molecule has 0 atom stereocenters. The van der Waals surface area contributed by atoms with Crippen molar-refractivity contribution in [2.24, 2.45) is 0 Å². The Bertz CT molecular complexity index is 1220. The fraction of sp³-hybridized carbons (Fsp3) is 0.222. The molecule has 0 saturated carbocycles. The van der Waals surface area contributed by atoms with Gasteiger partial charge in [-0.25, -0.2) is 0 Å². The molecular weight excluding hydrogens is 384 g/mol. The molecule has 0 bridgehead atoms. The number of para-hydroxylation sites is 1. The molecule has 1 aromatic heterocycles. The SMILES string of the molecule is CCCCOc1ccc(C(=O)/C=C/Nc2ccc3c(c2)c2ccccc2n3CC)cc1. The molecule has 4 heteroatoms. The minimum Gasteiger partial charge on any atom is -0.494 e. The van der Waals surface area contributed by atoms with Crippen molar-refractivity contribution in [1.29, 1.82) is 0 Å². The molecule has 4 aromatic rings. The number of fused-ring (bicyclic) bond motifs is 3. The van der Waals surface area contributed by atoms with E-state index >= 15 is 0 Å². The summed E-state index contributed by atoms with van der Waals surface area (Å²) in [4.78, 5) is 12.5. The van der Waals surface area contributed by atoms with Crippen LogP contribution in [0.5, 0.6) is 5.75 Å². The van der Waals surface area contributed by atoms with Crippen LogP contribution in [-0.4, -0.2) is 17.0 Å². The van der Waals surface area contributed by atoms with E-state index in [1.165, 1.54) is 21.8 Å². The number of benzene rings is 3. The lowest BCUT2D eigenvalue weighted by atomic mass is 10.1. The number of hydrogen-bond acceptors (Lipinski definition) is 3.